The van der Waals surface area contributed by atoms with E-state index in [4.69, 9.17) is 10.5 Å². The summed E-state index contributed by atoms with van der Waals surface area (Å²) in [6.07, 6.45) is 2.61. The molecule has 1 aliphatic carbocycles. The van der Waals surface area contributed by atoms with E-state index in [-0.39, 0.29) is 30.3 Å². The van der Waals surface area contributed by atoms with Crippen LogP contribution < -0.4 is 15.8 Å². The molecular formula is C16H25ClN2O2. The molecule has 1 amide bonds. The van der Waals surface area contributed by atoms with Gasteiger partial charge in [0, 0.05) is 17.5 Å². The van der Waals surface area contributed by atoms with Crippen molar-refractivity contribution in [2.75, 3.05) is 7.11 Å². The quantitative estimate of drug-likeness (QED) is 0.898. The lowest BCUT2D eigenvalue weighted by Gasteiger charge is -2.29. The van der Waals surface area contributed by atoms with Crippen LogP contribution in [-0.4, -0.2) is 19.1 Å². The Morgan fingerprint density at radius 1 is 1.33 bits per heavy atom. The Hall–Kier alpha value is -1.26. The molecule has 1 aliphatic rings. The Kier molecular flexibility index (Phi) is 6.05. The summed E-state index contributed by atoms with van der Waals surface area (Å²) in [5.41, 5.74) is 6.41. The Bertz CT molecular complexity index is 491. The van der Waals surface area contributed by atoms with Crippen molar-refractivity contribution in [2.45, 2.75) is 44.7 Å². The fraction of sp³-hybridized carbons (Fsp3) is 0.562. The van der Waals surface area contributed by atoms with Gasteiger partial charge in [-0.05, 0) is 39.2 Å². The van der Waals surface area contributed by atoms with Crippen LogP contribution in [0.15, 0.2) is 24.3 Å². The molecule has 1 saturated carbocycles. The van der Waals surface area contributed by atoms with Gasteiger partial charge in [0.2, 0.25) is 5.91 Å². The molecule has 2 unspecified atom stereocenters. The van der Waals surface area contributed by atoms with E-state index >= 15 is 0 Å². The first-order valence-electron chi connectivity index (χ1n) is 7.15. The summed E-state index contributed by atoms with van der Waals surface area (Å²) < 4.78 is 5.38. The SMILES string of the molecule is COc1ccccc1C(C)(C)NC(=O)C1CCC(N)C1.Cl. The van der Waals surface area contributed by atoms with Gasteiger partial charge in [-0.1, -0.05) is 18.2 Å². The van der Waals surface area contributed by atoms with Gasteiger partial charge >= 0.3 is 0 Å². The van der Waals surface area contributed by atoms with Crippen LogP contribution in [0.2, 0.25) is 0 Å². The van der Waals surface area contributed by atoms with Crippen LogP contribution in [0.25, 0.3) is 0 Å². The lowest BCUT2D eigenvalue weighted by Crippen LogP contribution is -2.44. The maximum absolute atomic E-state index is 12.4. The number of ether oxygens (including phenoxy) is 1. The molecule has 0 radical (unpaired) electrons. The Labute approximate surface area is 132 Å². The number of nitrogens with two attached hydrogens (primary N) is 1. The first-order valence-corrected chi connectivity index (χ1v) is 7.15. The minimum atomic E-state index is -0.462. The van der Waals surface area contributed by atoms with Gasteiger partial charge in [-0.15, -0.1) is 12.4 Å². The predicted octanol–water partition coefficient (Wildman–Crippen LogP) is 2.60. The highest BCUT2D eigenvalue weighted by Gasteiger charge is 2.32. The summed E-state index contributed by atoms with van der Waals surface area (Å²) in [5, 5.41) is 3.14. The number of methoxy groups -OCH3 is 1. The molecule has 5 heteroatoms. The van der Waals surface area contributed by atoms with E-state index in [0.29, 0.717) is 0 Å². The first kappa shape index (κ1) is 17.8. The molecule has 0 spiro atoms. The van der Waals surface area contributed by atoms with Crippen LogP contribution in [0.3, 0.4) is 0 Å². The molecule has 21 heavy (non-hydrogen) atoms. The Balaban J connectivity index is 0.00000220. The van der Waals surface area contributed by atoms with E-state index in [2.05, 4.69) is 5.32 Å². The lowest BCUT2D eigenvalue weighted by molar-refractivity contribution is -0.126. The molecule has 1 aromatic rings. The number of carbonyl (C=O) groups excluding carboxylic acids is 1. The van der Waals surface area contributed by atoms with Gasteiger partial charge < -0.3 is 15.8 Å². The van der Waals surface area contributed by atoms with Crippen molar-refractivity contribution in [3.05, 3.63) is 29.8 Å². The fourth-order valence-corrected chi connectivity index (χ4v) is 2.89. The van der Waals surface area contributed by atoms with Crippen molar-refractivity contribution in [1.29, 1.82) is 0 Å². The highest BCUT2D eigenvalue weighted by Crippen LogP contribution is 2.31. The monoisotopic (exact) mass is 312 g/mol. The third-order valence-corrected chi connectivity index (χ3v) is 4.06. The summed E-state index contributed by atoms with van der Waals surface area (Å²) in [7, 11) is 1.65. The molecule has 2 rings (SSSR count). The number of nitrogens with one attached hydrogen (secondary N) is 1. The van der Waals surface area contributed by atoms with Crippen molar-refractivity contribution < 1.29 is 9.53 Å². The molecule has 0 heterocycles. The van der Waals surface area contributed by atoms with Gasteiger partial charge in [0.1, 0.15) is 5.75 Å². The van der Waals surface area contributed by atoms with E-state index in [1.54, 1.807) is 7.11 Å². The molecule has 118 valence electrons. The maximum atomic E-state index is 12.4. The average Bonchev–Trinajstić information content (AvgIpc) is 2.85. The summed E-state index contributed by atoms with van der Waals surface area (Å²) in [4.78, 5) is 12.4. The summed E-state index contributed by atoms with van der Waals surface area (Å²) in [5.74, 6) is 0.925. The van der Waals surface area contributed by atoms with Gasteiger partial charge in [0.15, 0.2) is 0 Å². The van der Waals surface area contributed by atoms with Crippen molar-refractivity contribution >= 4 is 18.3 Å². The summed E-state index contributed by atoms with van der Waals surface area (Å²) in [6, 6.07) is 7.95. The van der Waals surface area contributed by atoms with E-state index < -0.39 is 5.54 Å². The van der Waals surface area contributed by atoms with Gasteiger partial charge in [-0.2, -0.15) is 0 Å². The predicted molar refractivity (Wildman–Crippen MR) is 86.7 cm³/mol. The van der Waals surface area contributed by atoms with Crippen LogP contribution in [-0.2, 0) is 10.3 Å². The van der Waals surface area contributed by atoms with Crippen LogP contribution in [0.1, 0.15) is 38.7 Å². The second-order valence-electron chi connectivity index (χ2n) is 6.08. The number of amides is 1. The van der Waals surface area contributed by atoms with E-state index in [0.717, 1.165) is 30.6 Å². The Morgan fingerprint density at radius 2 is 2.00 bits per heavy atom. The van der Waals surface area contributed by atoms with Gasteiger partial charge in [-0.25, -0.2) is 0 Å². The van der Waals surface area contributed by atoms with Crippen molar-refractivity contribution in [1.82, 2.24) is 5.32 Å². The van der Waals surface area contributed by atoms with E-state index in [9.17, 15) is 4.79 Å². The number of rotatable bonds is 4. The number of hydrogen-bond acceptors (Lipinski definition) is 3. The molecule has 0 bridgehead atoms. The standard InChI is InChI=1S/C16H24N2O2.ClH/c1-16(2,13-6-4-5-7-14(13)20-3)18-15(19)11-8-9-12(17)10-11;/h4-7,11-12H,8-10,17H2,1-3H3,(H,18,19);1H. The number of halogens is 1. The highest BCUT2D eigenvalue weighted by atomic mass is 35.5. The second kappa shape index (κ2) is 7.14. The summed E-state index contributed by atoms with van der Waals surface area (Å²) in [6.45, 7) is 4.00. The fourth-order valence-electron chi connectivity index (χ4n) is 2.89. The molecule has 3 N–H and O–H groups in total. The smallest absolute Gasteiger partial charge is 0.223 e. The molecule has 0 aromatic heterocycles. The van der Waals surface area contributed by atoms with Crippen molar-refractivity contribution in [3.8, 4) is 5.75 Å². The number of carbonyl (C=O) groups is 1. The van der Waals surface area contributed by atoms with E-state index in [1.165, 1.54) is 0 Å². The zero-order valence-electron chi connectivity index (χ0n) is 12.9. The second-order valence-corrected chi connectivity index (χ2v) is 6.08. The van der Waals surface area contributed by atoms with Gasteiger partial charge in [-0.3, -0.25) is 4.79 Å². The van der Waals surface area contributed by atoms with E-state index in [1.807, 2.05) is 38.1 Å². The number of hydrogen-bond donors (Lipinski definition) is 2. The number of para-hydroxylation sites is 1. The first-order chi connectivity index (χ1) is 9.44. The average molecular weight is 313 g/mol. The molecule has 4 nitrogen and oxygen atoms in total. The summed E-state index contributed by atoms with van der Waals surface area (Å²) >= 11 is 0. The maximum Gasteiger partial charge on any atom is 0.223 e. The molecule has 0 aliphatic heterocycles. The van der Waals surface area contributed by atoms with Crippen LogP contribution in [0.4, 0.5) is 0 Å². The van der Waals surface area contributed by atoms with Crippen molar-refractivity contribution in [3.63, 3.8) is 0 Å². The molecule has 1 fully saturated rings. The zero-order chi connectivity index (χ0) is 14.8. The molecular weight excluding hydrogens is 288 g/mol. The molecule has 0 saturated heterocycles. The minimum absolute atomic E-state index is 0. The van der Waals surface area contributed by atoms with Crippen LogP contribution in [0.5, 0.6) is 5.75 Å². The Morgan fingerprint density at radius 3 is 2.57 bits per heavy atom. The molecule has 1 aromatic carbocycles. The normalized spacial score (nSPS) is 21.5. The lowest BCUT2D eigenvalue weighted by atomic mass is 9.92. The minimum Gasteiger partial charge on any atom is -0.496 e. The third-order valence-electron chi connectivity index (χ3n) is 4.06. The van der Waals surface area contributed by atoms with Crippen molar-refractivity contribution in [2.24, 2.45) is 11.7 Å². The van der Waals surface area contributed by atoms with Gasteiger partial charge in [0.05, 0.1) is 12.6 Å². The van der Waals surface area contributed by atoms with Crippen LogP contribution in [0, 0.1) is 5.92 Å². The van der Waals surface area contributed by atoms with Gasteiger partial charge in [0.25, 0.3) is 0 Å². The largest absolute Gasteiger partial charge is 0.496 e. The third kappa shape index (κ3) is 4.11. The highest BCUT2D eigenvalue weighted by molar-refractivity contribution is 5.85. The topological polar surface area (TPSA) is 64.3 Å². The zero-order valence-corrected chi connectivity index (χ0v) is 13.7. The van der Waals surface area contributed by atoms with Crippen LogP contribution >= 0.6 is 12.4 Å². The molecule has 2 atom stereocenters. The number of benzene rings is 1.